The van der Waals surface area contributed by atoms with Gasteiger partial charge in [0.15, 0.2) is 28.4 Å². The summed E-state index contributed by atoms with van der Waals surface area (Å²) in [4.78, 5) is 16.4. The first-order valence-corrected chi connectivity index (χ1v) is 10.3. The van der Waals surface area contributed by atoms with Crippen molar-refractivity contribution in [1.29, 1.82) is 0 Å². The highest BCUT2D eigenvalue weighted by Gasteiger charge is 2.11. The van der Waals surface area contributed by atoms with E-state index < -0.39 is 11.7 Å². The first-order valence-electron chi connectivity index (χ1n) is 8.65. The van der Waals surface area contributed by atoms with Gasteiger partial charge in [0.05, 0.1) is 12.8 Å². The molecule has 0 unspecified atom stereocenters. The van der Waals surface area contributed by atoms with Gasteiger partial charge in [-0.2, -0.15) is 0 Å². The minimum atomic E-state index is -0.476. The summed E-state index contributed by atoms with van der Waals surface area (Å²) in [5, 5.41) is 8.24. The summed E-state index contributed by atoms with van der Waals surface area (Å²) in [5.41, 5.74) is 1.99. The monoisotopic (exact) mass is 465 g/mol. The number of carbonyl (C=O) groups is 1. The van der Waals surface area contributed by atoms with E-state index in [9.17, 15) is 9.18 Å². The van der Waals surface area contributed by atoms with E-state index in [2.05, 4.69) is 15.6 Å². The van der Waals surface area contributed by atoms with Crippen LogP contribution in [0.25, 0.3) is 11.3 Å². The first kappa shape index (κ1) is 21.9. The van der Waals surface area contributed by atoms with Crippen molar-refractivity contribution >= 4 is 51.3 Å². The van der Waals surface area contributed by atoms with Crippen molar-refractivity contribution in [3.8, 4) is 22.8 Å². The SMILES string of the molecule is COc1ccc(-c2csc(NC(=S)NC(=O)COc3ccc(Cl)cc3C)n2)cc1F. The average Bonchev–Trinajstić information content (AvgIpc) is 3.15. The van der Waals surface area contributed by atoms with E-state index in [-0.39, 0.29) is 17.5 Å². The maximum absolute atomic E-state index is 13.9. The third-order valence-corrected chi connectivity index (χ3v) is 5.12. The van der Waals surface area contributed by atoms with E-state index in [1.165, 1.54) is 30.6 Å². The van der Waals surface area contributed by atoms with Crippen LogP contribution in [0.15, 0.2) is 41.8 Å². The fourth-order valence-corrected chi connectivity index (χ4v) is 3.72. The van der Waals surface area contributed by atoms with E-state index in [0.29, 0.717) is 27.2 Å². The number of amides is 1. The zero-order valence-electron chi connectivity index (χ0n) is 16.0. The second-order valence-corrected chi connectivity index (χ2v) is 7.79. The molecule has 2 aromatic carbocycles. The molecule has 0 fully saturated rings. The number of anilines is 1. The molecule has 0 spiro atoms. The van der Waals surface area contributed by atoms with Crippen molar-refractivity contribution < 1.29 is 18.7 Å². The van der Waals surface area contributed by atoms with Crippen molar-refractivity contribution in [3.63, 3.8) is 0 Å². The number of thiocarbonyl (C=S) groups is 1. The molecule has 0 radical (unpaired) electrons. The number of nitrogens with one attached hydrogen (secondary N) is 2. The van der Waals surface area contributed by atoms with E-state index in [4.69, 9.17) is 33.3 Å². The number of rotatable bonds is 6. The molecule has 156 valence electrons. The number of nitrogens with zero attached hydrogens (tertiary/aromatic N) is 1. The number of aryl methyl sites for hydroxylation is 1. The Balaban J connectivity index is 1.53. The Morgan fingerprint density at radius 3 is 2.73 bits per heavy atom. The lowest BCUT2D eigenvalue weighted by atomic mass is 10.1. The summed E-state index contributed by atoms with van der Waals surface area (Å²) in [6, 6.07) is 9.70. The standard InChI is InChI=1S/C20H17ClFN3O3S2/c1-11-7-13(21)4-6-16(11)28-9-18(26)24-19(29)25-20-23-15(10-30-20)12-3-5-17(27-2)14(22)8-12/h3-8,10H,9H2,1-2H3,(H2,23,24,25,26,29). The number of thiazole rings is 1. The normalized spacial score (nSPS) is 10.4. The Morgan fingerprint density at radius 2 is 2.03 bits per heavy atom. The van der Waals surface area contributed by atoms with E-state index in [1.807, 2.05) is 6.92 Å². The number of carbonyl (C=O) groups excluding carboxylic acids is 1. The first-order chi connectivity index (χ1) is 14.4. The lowest BCUT2D eigenvalue weighted by Crippen LogP contribution is -2.37. The minimum Gasteiger partial charge on any atom is -0.494 e. The number of ether oxygens (including phenoxy) is 2. The smallest absolute Gasteiger partial charge is 0.264 e. The highest BCUT2D eigenvalue weighted by atomic mass is 35.5. The number of hydrogen-bond donors (Lipinski definition) is 2. The van der Waals surface area contributed by atoms with Gasteiger partial charge in [0.25, 0.3) is 5.91 Å². The van der Waals surface area contributed by atoms with Gasteiger partial charge >= 0.3 is 0 Å². The number of hydrogen-bond acceptors (Lipinski definition) is 6. The number of methoxy groups -OCH3 is 1. The molecule has 0 aliphatic carbocycles. The quantitative estimate of drug-likeness (QED) is 0.509. The molecule has 3 rings (SSSR count). The van der Waals surface area contributed by atoms with Crippen molar-refractivity contribution in [2.75, 3.05) is 19.0 Å². The third-order valence-electron chi connectivity index (χ3n) is 3.92. The molecule has 1 heterocycles. The molecule has 0 saturated carbocycles. The van der Waals surface area contributed by atoms with Crippen LogP contribution in [0.5, 0.6) is 11.5 Å². The van der Waals surface area contributed by atoms with Crippen molar-refractivity contribution in [3.05, 3.63) is 58.2 Å². The molecule has 0 aliphatic rings. The minimum absolute atomic E-state index is 0.0817. The molecule has 30 heavy (non-hydrogen) atoms. The molecule has 6 nitrogen and oxygen atoms in total. The topological polar surface area (TPSA) is 72.5 Å². The highest BCUT2D eigenvalue weighted by Crippen LogP contribution is 2.28. The van der Waals surface area contributed by atoms with Crippen molar-refractivity contribution in [2.24, 2.45) is 0 Å². The van der Waals surface area contributed by atoms with Gasteiger partial charge in [0, 0.05) is 16.0 Å². The van der Waals surface area contributed by atoms with Crippen LogP contribution in [0.2, 0.25) is 5.02 Å². The predicted octanol–water partition coefficient (Wildman–Crippen LogP) is 4.81. The molecule has 2 N–H and O–H groups in total. The third kappa shape index (κ3) is 5.65. The molecular weight excluding hydrogens is 449 g/mol. The number of halogens is 2. The fourth-order valence-electron chi connectivity index (χ4n) is 2.50. The number of benzene rings is 2. The van der Waals surface area contributed by atoms with Gasteiger partial charge in [0.2, 0.25) is 0 Å². The fraction of sp³-hybridized carbons (Fsp3) is 0.150. The lowest BCUT2D eigenvalue weighted by molar-refractivity contribution is -0.121. The Labute approximate surface area is 187 Å². The molecule has 1 aromatic heterocycles. The highest BCUT2D eigenvalue weighted by molar-refractivity contribution is 7.80. The Kier molecular flexibility index (Phi) is 7.20. The van der Waals surface area contributed by atoms with Crippen LogP contribution in [-0.2, 0) is 4.79 Å². The molecule has 10 heteroatoms. The lowest BCUT2D eigenvalue weighted by Gasteiger charge is -2.10. The molecule has 1 amide bonds. The molecule has 0 atom stereocenters. The summed E-state index contributed by atoms with van der Waals surface area (Å²) in [6.07, 6.45) is 0. The average molecular weight is 466 g/mol. The van der Waals surface area contributed by atoms with Crippen LogP contribution in [0, 0.1) is 12.7 Å². The second-order valence-electron chi connectivity index (χ2n) is 6.09. The Bertz CT molecular complexity index is 1090. The van der Waals surface area contributed by atoms with Gasteiger partial charge in [-0.05, 0) is 61.1 Å². The molecule has 0 saturated heterocycles. The summed E-state index contributed by atoms with van der Waals surface area (Å²) in [6.45, 7) is 1.62. The van der Waals surface area contributed by atoms with Crippen LogP contribution >= 0.6 is 35.2 Å². The maximum atomic E-state index is 13.9. The largest absolute Gasteiger partial charge is 0.494 e. The summed E-state index contributed by atoms with van der Waals surface area (Å²) < 4.78 is 24.3. The zero-order chi connectivity index (χ0) is 21.7. The molecule has 0 aliphatic heterocycles. The predicted molar refractivity (Wildman–Crippen MR) is 120 cm³/mol. The van der Waals surface area contributed by atoms with Gasteiger partial charge in [-0.25, -0.2) is 9.37 Å². The molecule has 3 aromatic rings. The van der Waals surface area contributed by atoms with Crippen LogP contribution in [-0.4, -0.2) is 29.7 Å². The van der Waals surface area contributed by atoms with E-state index in [1.54, 1.807) is 29.6 Å². The van der Waals surface area contributed by atoms with Crippen LogP contribution < -0.4 is 20.1 Å². The van der Waals surface area contributed by atoms with Gasteiger partial charge < -0.3 is 14.8 Å². The summed E-state index contributed by atoms with van der Waals surface area (Å²) in [5.74, 6) is -0.177. The zero-order valence-corrected chi connectivity index (χ0v) is 18.4. The van der Waals surface area contributed by atoms with E-state index in [0.717, 1.165) is 5.56 Å². The summed E-state index contributed by atoms with van der Waals surface area (Å²) in [7, 11) is 1.40. The van der Waals surface area contributed by atoms with Gasteiger partial charge in [-0.3, -0.25) is 10.1 Å². The Morgan fingerprint density at radius 1 is 1.27 bits per heavy atom. The second kappa shape index (κ2) is 9.84. The van der Waals surface area contributed by atoms with Gasteiger partial charge in [-0.1, -0.05) is 11.6 Å². The van der Waals surface area contributed by atoms with Crippen LogP contribution in [0.3, 0.4) is 0 Å². The molecular formula is C20H17ClFN3O3S2. The van der Waals surface area contributed by atoms with E-state index >= 15 is 0 Å². The molecule has 0 bridgehead atoms. The van der Waals surface area contributed by atoms with Gasteiger partial charge in [-0.15, -0.1) is 11.3 Å². The Hall–Kier alpha value is -2.75. The van der Waals surface area contributed by atoms with Crippen molar-refractivity contribution in [2.45, 2.75) is 6.92 Å². The summed E-state index contributed by atoms with van der Waals surface area (Å²) >= 11 is 12.3. The number of aromatic nitrogens is 1. The van der Waals surface area contributed by atoms with Crippen molar-refractivity contribution in [1.82, 2.24) is 10.3 Å². The van der Waals surface area contributed by atoms with Crippen LogP contribution in [0.1, 0.15) is 5.56 Å². The van der Waals surface area contributed by atoms with Gasteiger partial charge in [0.1, 0.15) is 5.75 Å². The maximum Gasteiger partial charge on any atom is 0.264 e. The van der Waals surface area contributed by atoms with Crippen LogP contribution in [0.4, 0.5) is 9.52 Å².